The average molecular weight is 358 g/mol. The van der Waals surface area contributed by atoms with Gasteiger partial charge in [-0.1, -0.05) is 6.92 Å². The van der Waals surface area contributed by atoms with Gasteiger partial charge in [0, 0.05) is 6.04 Å². The predicted molar refractivity (Wildman–Crippen MR) is 85.9 cm³/mol. The largest absolute Gasteiger partial charge is 0.475 e. The van der Waals surface area contributed by atoms with Crippen LogP contribution in [0.25, 0.3) is 0 Å². The quantitative estimate of drug-likeness (QED) is 0.670. The fourth-order valence-electron chi connectivity index (χ4n) is 2.67. The van der Waals surface area contributed by atoms with E-state index in [0.29, 0.717) is 5.92 Å². The third kappa shape index (κ3) is 5.64. The van der Waals surface area contributed by atoms with Gasteiger partial charge in [0.1, 0.15) is 11.5 Å². The fraction of sp³-hybridized carbons (Fsp3) is 0.600. The van der Waals surface area contributed by atoms with Gasteiger partial charge in [0.05, 0.1) is 6.54 Å². The summed E-state index contributed by atoms with van der Waals surface area (Å²) in [7, 11) is -3.70. The molecule has 134 valence electrons. The van der Waals surface area contributed by atoms with E-state index in [4.69, 9.17) is 9.52 Å². The van der Waals surface area contributed by atoms with Crippen molar-refractivity contribution in [3.05, 3.63) is 23.7 Å². The molecule has 8 nitrogen and oxygen atoms in total. The summed E-state index contributed by atoms with van der Waals surface area (Å²) >= 11 is 0. The molecule has 0 aliphatic heterocycles. The van der Waals surface area contributed by atoms with Gasteiger partial charge in [0.25, 0.3) is 0 Å². The molecule has 1 aliphatic carbocycles. The molecular formula is C15H22N2O6S. The van der Waals surface area contributed by atoms with Crippen molar-refractivity contribution in [2.45, 2.75) is 45.2 Å². The van der Waals surface area contributed by atoms with E-state index in [1.807, 2.05) is 0 Å². The van der Waals surface area contributed by atoms with Gasteiger partial charge in [-0.05, 0) is 43.7 Å². The van der Waals surface area contributed by atoms with Crippen molar-refractivity contribution in [3.63, 3.8) is 0 Å². The molecule has 9 heteroatoms. The van der Waals surface area contributed by atoms with Crippen LogP contribution in [0.15, 0.2) is 16.5 Å². The van der Waals surface area contributed by atoms with Crippen molar-refractivity contribution in [3.8, 4) is 0 Å². The smallest absolute Gasteiger partial charge is 0.371 e. The number of furan rings is 1. The minimum Gasteiger partial charge on any atom is -0.475 e. The van der Waals surface area contributed by atoms with Gasteiger partial charge in [-0.3, -0.25) is 4.79 Å². The van der Waals surface area contributed by atoms with E-state index in [1.165, 1.54) is 12.1 Å². The van der Waals surface area contributed by atoms with E-state index in [1.54, 1.807) is 0 Å². The molecule has 0 unspecified atom stereocenters. The Hall–Kier alpha value is -1.87. The maximum atomic E-state index is 12.0. The van der Waals surface area contributed by atoms with E-state index < -0.39 is 27.7 Å². The summed E-state index contributed by atoms with van der Waals surface area (Å²) in [6.45, 7) is 2.07. The molecule has 1 aromatic rings. The second-order valence-corrected chi connectivity index (χ2v) is 7.94. The number of hydrogen-bond donors (Lipinski definition) is 3. The zero-order valence-electron chi connectivity index (χ0n) is 13.4. The van der Waals surface area contributed by atoms with Gasteiger partial charge >= 0.3 is 5.97 Å². The maximum absolute atomic E-state index is 12.0. The molecular weight excluding hydrogens is 336 g/mol. The summed E-state index contributed by atoms with van der Waals surface area (Å²) in [5.41, 5.74) is 0. The first-order valence-corrected chi connectivity index (χ1v) is 9.49. The molecule has 24 heavy (non-hydrogen) atoms. The second kappa shape index (κ2) is 7.80. The minimum atomic E-state index is -3.70. The lowest BCUT2D eigenvalue weighted by molar-refractivity contribution is -0.118. The Morgan fingerprint density at radius 1 is 1.25 bits per heavy atom. The zero-order valence-corrected chi connectivity index (χ0v) is 14.3. The number of sulfonamides is 1. The van der Waals surface area contributed by atoms with Gasteiger partial charge < -0.3 is 14.8 Å². The third-order valence-electron chi connectivity index (χ3n) is 4.02. The number of aromatic carboxylic acids is 1. The van der Waals surface area contributed by atoms with E-state index in [2.05, 4.69) is 17.0 Å². The summed E-state index contributed by atoms with van der Waals surface area (Å²) < 4.78 is 31.6. The summed E-state index contributed by atoms with van der Waals surface area (Å²) in [5.74, 6) is -1.92. The molecule has 0 radical (unpaired) electrons. The predicted octanol–water partition coefficient (Wildman–Crippen LogP) is 1.09. The average Bonchev–Trinajstić information content (AvgIpc) is 2.96. The highest BCUT2D eigenvalue weighted by Crippen LogP contribution is 2.23. The molecule has 3 N–H and O–H groups in total. The number of carbonyl (C=O) groups is 2. The van der Waals surface area contributed by atoms with Crippen LogP contribution in [0.2, 0.25) is 0 Å². The van der Waals surface area contributed by atoms with Gasteiger partial charge in [0.2, 0.25) is 21.7 Å². The van der Waals surface area contributed by atoms with Crippen molar-refractivity contribution in [2.75, 3.05) is 5.75 Å². The molecule has 0 atom stereocenters. The number of rotatable bonds is 7. The Morgan fingerprint density at radius 2 is 1.92 bits per heavy atom. The van der Waals surface area contributed by atoms with Crippen LogP contribution in [0.1, 0.15) is 48.9 Å². The fourth-order valence-corrected chi connectivity index (χ4v) is 3.94. The van der Waals surface area contributed by atoms with Gasteiger partial charge in [-0.15, -0.1) is 0 Å². The van der Waals surface area contributed by atoms with Gasteiger partial charge in [0.15, 0.2) is 0 Å². The van der Waals surface area contributed by atoms with E-state index >= 15 is 0 Å². The third-order valence-corrected chi connectivity index (χ3v) is 5.35. The van der Waals surface area contributed by atoms with Crippen molar-refractivity contribution in [2.24, 2.45) is 5.92 Å². The van der Waals surface area contributed by atoms with Crippen LogP contribution in [0.4, 0.5) is 0 Å². The Bertz CT molecular complexity index is 689. The number of carboxylic acid groups (broad SMARTS) is 1. The zero-order chi connectivity index (χ0) is 17.7. The molecule has 0 bridgehead atoms. The molecule has 2 rings (SSSR count). The first kappa shape index (κ1) is 18.5. The van der Waals surface area contributed by atoms with Crippen LogP contribution < -0.4 is 10.0 Å². The van der Waals surface area contributed by atoms with Crippen molar-refractivity contribution in [1.82, 2.24) is 10.0 Å². The highest BCUT2D eigenvalue weighted by atomic mass is 32.2. The lowest BCUT2D eigenvalue weighted by Gasteiger charge is -2.26. The summed E-state index contributed by atoms with van der Waals surface area (Å²) in [6.07, 6.45) is 3.52. The second-order valence-electron chi connectivity index (χ2n) is 6.18. The summed E-state index contributed by atoms with van der Waals surface area (Å²) in [6, 6.07) is 2.58. The van der Waals surface area contributed by atoms with E-state index in [0.717, 1.165) is 25.7 Å². The van der Waals surface area contributed by atoms with Crippen LogP contribution >= 0.6 is 0 Å². The molecule has 1 saturated carbocycles. The molecule has 0 saturated heterocycles. The van der Waals surface area contributed by atoms with Crippen molar-refractivity contribution >= 4 is 21.9 Å². The summed E-state index contributed by atoms with van der Waals surface area (Å²) in [5, 5.41) is 11.1. The topological polar surface area (TPSA) is 126 Å². The minimum absolute atomic E-state index is 0.0669. The Labute approximate surface area is 140 Å². The van der Waals surface area contributed by atoms with Crippen LogP contribution in [0.5, 0.6) is 0 Å². The number of amides is 1. The van der Waals surface area contributed by atoms with E-state index in [9.17, 15) is 18.0 Å². The molecule has 1 aromatic heterocycles. The highest BCUT2D eigenvalue weighted by molar-refractivity contribution is 7.90. The molecule has 1 amide bonds. The SMILES string of the molecule is CC1CCC(NS(=O)(=O)CC(=O)NCc2ccc(C(=O)O)o2)CC1. The Morgan fingerprint density at radius 3 is 2.50 bits per heavy atom. The lowest BCUT2D eigenvalue weighted by atomic mass is 9.88. The number of nitrogens with one attached hydrogen (secondary N) is 2. The first-order chi connectivity index (χ1) is 11.2. The van der Waals surface area contributed by atoms with Crippen molar-refractivity contribution in [1.29, 1.82) is 0 Å². The lowest BCUT2D eigenvalue weighted by Crippen LogP contribution is -2.42. The van der Waals surface area contributed by atoms with Crippen molar-refractivity contribution < 1.29 is 27.5 Å². The van der Waals surface area contributed by atoms with Crippen LogP contribution in [-0.4, -0.2) is 37.2 Å². The molecule has 1 aliphatic rings. The van der Waals surface area contributed by atoms with Crippen LogP contribution in [-0.2, 0) is 21.4 Å². The monoisotopic (exact) mass is 358 g/mol. The first-order valence-electron chi connectivity index (χ1n) is 7.84. The standard InChI is InChI=1S/C15H22N2O6S/c1-10-2-4-11(5-3-10)17-24(21,22)9-14(18)16-8-12-6-7-13(23-12)15(19)20/h6-7,10-11,17H,2-5,8-9H2,1H3,(H,16,18)(H,19,20). The molecule has 1 fully saturated rings. The normalized spacial score (nSPS) is 21.4. The number of carbonyl (C=O) groups excluding carboxylic acids is 1. The van der Waals surface area contributed by atoms with Crippen LogP contribution in [0, 0.1) is 5.92 Å². The number of carboxylic acids is 1. The maximum Gasteiger partial charge on any atom is 0.371 e. The molecule has 0 spiro atoms. The Kier molecular flexibility index (Phi) is 6.00. The highest BCUT2D eigenvalue weighted by Gasteiger charge is 2.24. The van der Waals surface area contributed by atoms with Gasteiger partial charge in [-0.2, -0.15) is 0 Å². The van der Waals surface area contributed by atoms with Gasteiger partial charge in [-0.25, -0.2) is 17.9 Å². The summed E-state index contributed by atoms with van der Waals surface area (Å²) in [4.78, 5) is 22.5. The number of hydrogen-bond acceptors (Lipinski definition) is 5. The van der Waals surface area contributed by atoms with Crippen LogP contribution in [0.3, 0.4) is 0 Å². The molecule has 1 heterocycles. The van der Waals surface area contributed by atoms with E-state index in [-0.39, 0.29) is 24.1 Å². The Balaban J connectivity index is 1.78. The molecule has 0 aromatic carbocycles.